The van der Waals surface area contributed by atoms with Gasteiger partial charge in [0.1, 0.15) is 5.84 Å². The molecule has 52 valence electrons. The van der Waals surface area contributed by atoms with E-state index in [1.165, 1.54) is 0 Å². The topological polar surface area (TPSA) is 50.4 Å². The van der Waals surface area contributed by atoms with E-state index in [1.807, 2.05) is 0 Å². The second-order valence-electron chi connectivity index (χ2n) is 2.66. The van der Waals surface area contributed by atoms with Gasteiger partial charge in [0, 0.05) is 12.5 Å². The molecule has 0 bridgehead atoms. The van der Waals surface area contributed by atoms with Crippen LogP contribution in [0.15, 0.2) is 5.10 Å². The van der Waals surface area contributed by atoms with Gasteiger partial charge in [-0.3, -0.25) is 0 Å². The Morgan fingerprint density at radius 1 is 1.67 bits per heavy atom. The summed E-state index contributed by atoms with van der Waals surface area (Å²) in [6.45, 7) is 5.34. The lowest BCUT2D eigenvalue weighted by Crippen LogP contribution is -2.19. The van der Waals surface area contributed by atoms with Gasteiger partial charge in [-0.2, -0.15) is 5.10 Å². The fourth-order valence-electron chi connectivity index (χ4n) is 1.04. The van der Waals surface area contributed by atoms with Crippen LogP contribution in [0.4, 0.5) is 0 Å². The average Bonchev–Trinajstić information content (AvgIpc) is 2.15. The van der Waals surface area contributed by atoms with Crippen molar-refractivity contribution in [2.75, 3.05) is 6.54 Å². The zero-order chi connectivity index (χ0) is 6.85. The van der Waals surface area contributed by atoms with Crippen LogP contribution < -0.4 is 11.2 Å². The number of nitrogens with one attached hydrogen (secondary N) is 1. The molecule has 3 N–H and O–H groups in total. The van der Waals surface area contributed by atoms with Crippen LogP contribution in [0.3, 0.4) is 0 Å². The van der Waals surface area contributed by atoms with E-state index in [-0.39, 0.29) is 0 Å². The van der Waals surface area contributed by atoms with Gasteiger partial charge in [-0.25, -0.2) is 0 Å². The van der Waals surface area contributed by atoms with Crippen molar-refractivity contribution in [2.24, 2.45) is 22.8 Å². The third kappa shape index (κ3) is 0.992. The maximum Gasteiger partial charge on any atom is 0.125 e. The summed E-state index contributed by atoms with van der Waals surface area (Å²) in [7, 11) is 0. The Morgan fingerprint density at radius 3 is 2.56 bits per heavy atom. The van der Waals surface area contributed by atoms with Gasteiger partial charge in [0.25, 0.3) is 0 Å². The van der Waals surface area contributed by atoms with E-state index in [4.69, 9.17) is 5.84 Å². The van der Waals surface area contributed by atoms with E-state index in [2.05, 4.69) is 24.3 Å². The molecule has 0 spiro atoms. The lowest BCUT2D eigenvalue weighted by molar-refractivity contribution is 0.537. The Balaban J connectivity index is 2.62. The zero-order valence-electron chi connectivity index (χ0n) is 5.89. The number of hydrogen-bond donors (Lipinski definition) is 2. The highest BCUT2D eigenvalue weighted by Crippen LogP contribution is 2.15. The monoisotopic (exact) mass is 127 g/mol. The van der Waals surface area contributed by atoms with Crippen LogP contribution in [0, 0.1) is 11.8 Å². The first-order valence-corrected chi connectivity index (χ1v) is 3.27. The standard InChI is InChI=1S/C6H13N3/c1-4-3-8-6(9-7)5(4)2/h4-5H,3,7H2,1-2H3,(H,8,9). The van der Waals surface area contributed by atoms with Crippen molar-refractivity contribution in [3.05, 3.63) is 0 Å². The molecular formula is C6H13N3. The Kier molecular flexibility index (Phi) is 1.60. The maximum absolute atomic E-state index is 5.11. The highest BCUT2D eigenvalue weighted by Gasteiger charge is 2.24. The third-order valence-electron chi connectivity index (χ3n) is 2.03. The van der Waals surface area contributed by atoms with Crippen LogP contribution in [0.2, 0.25) is 0 Å². The molecule has 2 atom stereocenters. The Hall–Kier alpha value is -0.730. The summed E-state index contributed by atoms with van der Waals surface area (Å²) in [6.07, 6.45) is 0. The molecule has 0 aliphatic carbocycles. The van der Waals surface area contributed by atoms with E-state index in [0.717, 1.165) is 12.4 Å². The van der Waals surface area contributed by atoms with Gasteiger partial charge in [-0.1, -0.05) is 13.8 Å². The summed E-state index contributed by atoms with van der Waals surface area (Å²) in [4.78, 5) is 0. The minimum atomic E-state index is 0.509. The lowest BCUT2D eigenvalue weighted by atomic mass is 10.00. The van der Waals surface area contributed by atoms with Gasteiger partial charge in [-0.15, -0.1) is 0 Å². The summed E-state index contributed by atoms with van der Waals surface area (Å²) in [5.41, 5.74) is 0. The van der Waals surface area contributed by atoms with E-state index >= 15 is 0 Å². The molecule has 9 heavy (non-hydrogen) atoms. The van der Waals surface area contributed by atoms with Crippen LogP contribution in [0.1, 0.15) is 13.8 Å². The van der Waals surface area contributed by atoms with Crippen LogP contribution in [0.25, 0.3) is 0 Å². The van der Waals surface area contributed by atoms with E-state index in [0.29, 0.717) is 11.8 Å². The van der Waals surface area contributed by atoms with Gasteiger partial charge in [0.15, 0.2) is 0 Å². The van der Waals surface area contributed by atoms with Crippen molar-refractivity contribution in [3.63, 3.8) is 0 Å². The Labute approximate surface area is 55.3 Å². The number of hydrogen-bond acceptors (Lipinski definition) is 2. The van der Waals surface area contributed by atoms with Crippen LogP contribution in [0.5, 0.6) is 0 Å². The first kappa shape index (κ1) is 6.39. The minimum Gasteiger partial charge on any atom is -0.372 e. The maximum atomic E-state index is 5.11. The molecule has 1 aliphatic rings. The average molecular weight is 127 g/mol. The zero-order valence-corrected chi connectivity index (χ0v) is 5.89. The largest absolute Gasteiger partial charge is 0.372 e. The first-order valence-electron chi connectivity index (χ1n) is 3.27. The molecule has 0 aromatic carbocycles. The Bertz CT molecular complexity index is 130. The number of hydrazone groups is 1. The normalized spacial score (nSPS) is 39.1. The van der Waals surface area contributed by atoms with Crippen LogP contribution in [-0.2, 0) is 0 Å². The molecule has 3 heteroatoms. The molecule has 0 radical (unpaired) electrons. The molecule has 1 aliphatic heterocycles. The van der Waals surface area contributed by atoms with Crippen molar-refractivity contribution in [2.45, 2.75) is 13.8 Å². The lowest BCUT2D eigenvalue weighted by Gasteiger charge is -2.04. The molecule has 0 aromatic heterocycles. The second kappa shape index (κ2) is 2.25. The summed E-state index contributed by atoms with van der Waals surface area (Å²) in [5, 5.41) is 6.76. The van der Waals surface area contributed by atoms with Crippen LogP contribution >= 0.6 is 0 Å². The fraction of sp³-hybridized carbons (Fsp3) is 0.833. The number of rotatable bonds is 0. The van der Waals surface area contributed by atoms with Crippen LogP contribution in [-0.4, -0.2) is 12.4 Å². The fourth-order valence-corrected chi connectivity index (χ4v) is 1.04. The molecule has 3 nitrogen and oxygen atoms in total. The summed E-state index contributed by atoms with van der Waals surface area (Å²) < 4.78 is 0. The van der Waals surface area contributed by atoms with Crippen molar-refractivity contribution < 1.29 is 0 Å². The highest BCUT2D eigenvalue weighted by molar-refractivity contribution is 5.86. The van der Waals surface area contributed by atoms with E-state index in [1.54, 1.807) is 0 Å². The van der Waals surface area contributed by atoms with Gasteiger partial charge >= 0.3 is 0 Å². The molecule has 2 unspecified atom stereocenters. The smallest absolute Gasteiger partial charge is 0.125 e. The molecular weight excluding hydrogens is 114 g/mol. The second-order valence-corrected chi connectivity index (χ2v) is 2.66. The molecule has 1 heterocycles. The first-order chi connectivity index (χ1) is 4.25. The number of nitrogens with zero attached hydrogens (tertiary/aromatic N) is 1. The Morgan fingerprint density at radius 2 is 2.33 bits per heavy atom. The molecule has 1 fully saturated rings. The molecule has 1 rings (SSSR count). The van der Waals surface area contributed by atoms with Gasteiger partial charge in [-0.05, 0) is 5.92 Å². The number of amidine groups is 1. The molecule has 0 saturated carbocycles. The minimum absolute atomic E-state index is 0.509. The summed E-state index contributed by atoms with van der Waals surface area (Å²) >= 11 is 0. The van der Waals surface area contributed by atoms with Crippen molar-refractivity contribution in [1.29, 1.82) is 0 Å². The van der Waals surface area contributed by atoms with Crippen molar-refractivity contribution in [1.82, 2.24) is 5.32 Å². The highest BCUT2D eigenvalue weighted by atomic mass is 15.2. The van der Waals surface area contributed by atoms with E-state index < -0.39 is 0 Å². The molecule has 0 amide bonds. The summed E-state index contributed by atoms with van der Waals surface area (Å²) in [5.74, 6) is 7.24. The summed E-state index contributed by atoms with van der Waals surface area (Å²) in [6, 6.07) is 0. The van der Waals surface area contributed by atoms with Crippen molar-refractivity contribution in [3.8, 4) is 0 Å². The quantitative estimate of drug-likeness (QED) is 0.359. The van der Waals surface area contributed by atoms with Gasteiger partial charge < -0.3 is 11.2 Å². The molecule has 0 aromatic rings. The number of nitrogens with two attached hydrogens (primary N) is 1. The third-order valence-corrected chi connectivity index (χ3v) is 2.03. The SMILES string of the molecule is CC1CNC(=NN)C1C. The predicted octanol–water partition coefficient (Wildman–Crippen LogP) is 0.134. The van der Waals surface area contributed by atoms with E-state index in [9.17, 15) is 0 Å². The van der Waals surface area contributed by atoms with Gasteiger partial charge in [0.05, 0.1) is 0 Å². The predicted molar refractivity (Wildman–Crippen MR) is 38.0 cm³/mol. The molecule has 1 saturated heterocycles. The van der Waals surface area contributed by atoms with Crippen molar-refractivity contribution >= 4 is 5.84 Å². The van der Waals surface area contributed by atoms with Gasteiger partial charge in [0.2, 0.25) is 0 Å².